The molecule has 110 valence electrons. The maximum atomic E-state index is 9.03. The lowest BCUT2D eigenvalue weighted by atomic mass is 10.2. The summed E-state index contributed by atoms with van der Waals surface area (Å²) in [6.45, 7) is 1.07. The van der Waals surface area contributed by atoms with Gasteiger partial charge in [-0.1, -0.05) is 0 Å². The summed E-state index contributed by atoms with van der Waals surface area (Å²) in [5.41, 5.74) is 2.46. The number of aromatic nitrogens is 1. The van der Waals surface area contributed by atoms with Gasteiger partial charge in [-0.05, 0) is 24.3 Å². The molecule has 21 heavy (non-hydrogen) atoms. The standard InChI is InChI=1S/C15H18N4O2/c20-11-9-19(10-12-21)15-3-1-13(2-4-15)17-18-14-5-7-16-8-6-14/h1-8,20-21H,9-12H2/p+1. The third-order valence-corrected chi connectivity index (χ3v) is 2.94. The van der Waals surface area contributed by atoms with Crippen LogP contribution in [-0.4, -0.2) is 36.5 Å². The van der Waals surface area contributed by atoms with E-state index in [1.165, 1.54) is 0 Å². The molecular weight excluding hydrogens is 268 g/mol. The van der Waals surface area contributed by atoms with E-state index in [4.69, 9.17) is 10.2 Å². The molecule has 0 saturated carbocycles. The van der Waals surface area contributed by atoms with E-state index in [0.29, 0.717) is 13.1 Å². The van der Waals surface area contributed by atoms with Gasteiger partial charge < -0.3 is 15.1 Å². The van der Waals surface area contributed by atoms with Gasteiger partial charge in [-0.2, -0.15) is 10.2 Å². The fraction of sp³-hybridized carbons (Fsp3) is 0.267. The number of pyridine rings is 1. The molecule has 0 aliphatic rings. The van der Waals surface area contributed by atoms with Crippen LogP contribution >= 0.6 is 0 Å². The van der Waals surface area contributed by atoms with E-state index in [0.717, 1.165) is 17.1 Å². The van der Waals surface area contributed by atoms with Crippen LogP contribution in [0.3, 0.4) is 0 Å². The molecule has 0 aliphatic carbocycles. The van der Waals surface area contributed by atoms with Gasteiger partial charge in [0, 0.05) is 30.9 Å². The first-order chi connectivity index (χ1) is 10.3. The average molecular weight is 287 g/mol. The summed E-state index contributed by atoms with van der Waals surface area (Å²) in [5.74, 6) is 0. The van der Waals surface area contributed by atoms with Gasteiger partial charge in [0.25, 0.3) is 0 Å². The largest absolute Gasteiger partial charge is 0.395 e. The Kier molecular flexibility index (Phi) is 5.81. The van der Waals surface area contributed by atoms with Gasteiger partial charge in [0.05, 0.1) is 24.6 Å². The second-order valence-corrected chi connectivity index (χ2v) is 4.41. The Morgan fingerprint density at radius 3 is 1.86 bits per heavy atom. The van der Waals surface area contributed by atoms with Crippen molar-refractivity contribution in [2.75, 3.05) is 31.2 Å². The van der Waals surface area contributed by atoms with Crippen LogP contribution in [0.2, 0.25) is 0 Å². The highest BCUT2D eigenvalue weighted by Gasteiger charge is 2.04. The molecule has 0 atom stereocenters. The number of hydrogen-bond donors (Lipinski definition) is 2. The Balaban J connectivity index is 2.06. The molecule has 0 fully saturated rings. The maximum absolute atomic E-state index is 9.03. The third kappa shape index (κ3) is 4.62. The molecule has 3 N–H and O–H groups in total. The number of azo groups is 1. The summed E-state index contributed by atoms with van der Waals surface area (Å²) in [4.78, 5) is 4.84. The second-order valence-electron chi connectivity index (χ2n) is 4.41. The number of nitrogens with one attached hydrogen (secondary N) is 1. The van der Waals surface area contributed by atoms with Crippen LogP contribution in [0.15, 0.2) is 59.0 Å². The van der Waals surface area contributed by atoms with Crippen molar-refractivity contribution in [1.82, 2.24) is 0 Å². The molecule has 6 heteroatoms. The van der Waals surface area contributed by atoms with Gasteiger partial charge in [-0.15, -0.1) is 0 Å². The molecule has 1 aromatic heterocycles. The highest BCUT2D eigenvalue weighted by atomic mass is 16.3. The SMILES string of the molecule is OCCN(CCO)c1ccc(N=Nc2cc[nH+]cc2)cc1. The molecule has 0 saturated heterocycles. The Labute approximate surface area is 123 Å². The van der Waals surface area contributed by atoms with Gasteiger partial charge in [0.1, 0.15) is 0 Å². The van der Waals surface area contributed by atoms with E-state index in [2.05, 4.69) is 15.2 Å². The van der Waals surface area contributed by atoms with Crippen LogP contribution < -0.4 is 9.88 Å². The molecule has 1 heterocycles. The summed E-state index contributed by atoms with van der Waals surface area (Å²) in [5, 5.41) is 26.4. The van der Waals surface area contributed by atoms with Crippen LogP contribution in [0.5, 0.6) is 0 Å². The number of aromatic amines is 1. The minimum absolute atomic E-state index is 0.0481. The predicted octanol–water partition coefficient (Wildman–Crippen LogP) is 1.71. The molecule has 2 aromatic rings. The van der Waals surface area contributed by atoms with E-state index in [9.17, 15) is 0 Å². The Hall–Kier alpha value is -2.31. The van der Waals surface area contributed by atoms with Gasteiger partial charge >= 0.3 is 0 Å². The summed E-state index contributed by atoms with van der Waals surface area (Å²) in [7, 11) is 0. The fourth-order valence-corrected chi connectivity index (χ4v) is 1.90. The first kappa shape index (κ1) is 15.1. The monoisotopic (exact) mass is 287 g/mol. The van der Waals surface area contributed by atoms with Crippen LogP contribution in [0.1, 0.15) is 0 Å². The van der Waals surface area contributed by atoms with E-state index < -0.39 is 0 Å². The molecule has 0 unspecified atom stereocenters. The van der Waals surface area contributed by atoms with Crippen LogP contribution in [0.4, 0.5) is 17.1 Å². The van der Waals surface area contributed by atoms with Gasteiger partial charge in [0.2, 0.25) is 0 Å². The van der Waals surface area contributed by atoms with Crippen molar-refractivity contribution < 1.29 is 15.2 Å². The summed E-state index contributed by atoms with van der Waals surface area (Å²) in [6, 6.07) is 11.2. The summed E-state index contributed by atoms with van der Waals surface area (Å²) in [6.07, 6.45) is 3.58. The van der Waals surface area contributed by atoms with Gasteiger partial charge in [-0.25, -0.2) is 4.98 Å². The van der Waals surface area contributed by atoms with Gasteiger partial charge in [-0.3, -0.25) is 0 Å². The number of anilines is 1. The first-order valence-electron chi connectivity index (χ1n) is 6.78. The fourth-order valence-electron chi connectivity index (χ4n) is 1.90. The van der Waals surface area contributed by atoms with Crippen LogP contribution in [0, 0.1) is 0 Å². The average Bonchev–Trinajstić information content (AvgIpc) is 2.54. The number of H-pyrrole nitrogens is 1. The molecule has 1 aromatic carbocycles. The number of rotatable bonds is 7. The molecule has 2 rings (SSSR count). The van der Waals surface area contributed by atoms with Crippen molar-refractivity contribution in [2.45, 2.75) is 0 Å². The smallest absolute Gasteiger partial charge is 0.169 e. The number of nitrogens with zero attached hydrogens (tertiary/aromatic N) is 3. The zero-order valence-electron chi connectivity index (χ0n) is 11.7. The van der Waals surface area contributed by atoms with E-state index in [1.54, 1.807) is 12.4 Å². The lowest BCUT2D eigenvalue weighted by Gasteiger charge is -2.22. The third-order valence-electron chi connectivity index (χ3n) is 2.94. The Morgan fingerprint density at radius 2 is 1.33 bits per heavy atom. The molecule has 0 amide bonds. The van der Waals surface area contributed by atoms with Gasteiger partial charge in [0.15, 0.2) is 12.4 Å². The van der Waals surface area contributed by atoms with Crippen LogP contribution in [-0.2, 0) is 0 Å². The summed E-state index contributed by atoms with van der Waals surface area (Å²) >= 11 is 0. The topological polar surface area (TPSA) is 82.6 Å². The first-order valence-corrected chi connectivity index (χ1v) is 6.78. The highest BCUT2D eigenvalue weighted by molar-refractivity contribution is 5.52. The van der Waals surface area contributed by atoms with E-state index >= 15 is 0 Å². The zero-order valence-corrected chi connectivity index (χ0v) is 11.7. The number of aliphatic hydroxyl groups is 2. The molecule has 0 bridgehead atoms. The van der Waals surface area contributed by atoms with E-state index in [1.807, 2.05) is 41.3 Å². The molecular formula is C15H19N4O2+. The quantitative estimate of drug-likeness (QED) is 0.760. The maximum Gasteiger partial charge on any atom is 0.169 e. The van der Waals surface area contributed by atoms with Crippen molar-refractivity contribution in [3.63, 3.8) is 0 Å². The molecule has 0 spiro atoms. The lowest BCUT2D eigenvalue weighted by molar-refractivity contribution is -0.377. The summed E-state index contributed by atoms with van der Waals surface area (Å²) < 4.78 is 0. The Morgan fingerprint density at radius 1 is 0.810 bits per heavy atom. The number of hydrogen-bond acceptors (Lipinski definition) is 5. The minimum atomic E-state index is 0.0481. The molecule has 6 nitrogen and oxygen atoms in total. The van der Waals surface area contributed by atoms with Crippen molar-refractivity contribution >= 4 is 17.1 Å². The molecule has 0 aliphatic heterocycles. The predicted molar refractivity (Wildman–Crippen MR) is 80.0 cm³/mol. The van der Waals surface area contributed by atoms with Crippen LogP contribution in [0.25, 0.3) is 0 Å². The van der Waals surface area contributed by atoms with E-state index in [-0.39, 0.29) is 13.2 Å². The Bertz CT molecular complexity index is 552. The normalized spacial score (nSPS) is 11.0. The number of benzene rings is 1. The zero-order chi connectivity index (χ0) is 14.9. The van der Waals surface area contributed by atoms with Crippen molar-refractivity contribution in [3.8, 4) is 0 Å². The van der Waals surface area contributed by atoms with Crippen molar-refractivity contribution in [3.05, 3.63) is 48.8 Å². The second kappa shape index (κ2) is 8.08. The lowest BCUT2D eigenvalue weighted by Crippen LogP contribution is -2.29. The number of aliphatic hydroxyl groups excluding tert-OH is 2. The molecule has 0 radical (unpaired) electrons. The van der Waals surface area contributed by atoms with Crippen molar-refractivity contribution in [2.24, 2.45) is 10.2 Å². The minimum Gasteiger partial charge on any atom is -0.395 e. The van der Waals surface area contributed by atoms with Crippen molar-refractivity contribution in [1.29, 1.82) is 0 Å². The highest BCUT2D eigenvalue weighted by Crippen LogP contribution is 2.21.